The molecule has 1 aliphatic carbocycles. The predicted octanol–water partition coefficient (Wildman–Crippen LogP) is 4.67. The third-order valence-electron chi connectivity index (χ3n) is 6.63. The Balaban J connectivity index is 1.70. The Morgan fingerprint density at radius 3 is 2.64 bits per heavy atom. The van der Waals surface area contributed by atoms with Gasteiger partial charge in [0.05, 0.1) is 10.3 Å². The highest BCUT2D eigenvalue weighted by Crippen LogP contribution is 2.64. The average molecular weight is 419 g/mol. The molecule has 2 atom stereocenters. The van der Waals surface area contributed by atoms with Crippen LogP contribution in [0.25, 0.3) is 0 Å². The molecule has 5 rings (SSSR count). The van der Waals surface area contributed by atoms with Gasteiger partial charge in [0.1, 0.15) is 11.5 Å². The summed E-state index contributed by atoms with van der Waals surface area (Å²) in [6, 6.07) is 10.9. The van der Waals surface area contributed by atoms with Crippen molar-refractivity contribution in [1.82, 2.24) is 4.31 Å². The lowest BCUT2D eigenvalue weighted by atomic mass is 9.62. The van der Waals surface area contributed by atoms with Crippen LogP contribution in [0, 0.1) is 5.82 Å². The van der Waals surface area contributed by atoms with Crippen molar-refractivity contribution in [3.63, 3.8) is 0 Å². The van der Waals surface area contributed by atoms with Crippen molar-refractivity contribution in [3.05, 3.63) is 71.0 Å². The van der Waals surface area contributed by atoms with E-state index < -0.39 is 21.1 Å². The lowest BCUT2D eigenvalue weighted by molar-refractivity contribution is 0.178. The molecule has 0 spiro atoms. The van der Waals surface area contributed by atoms with E-state index in [4.69, 9.17) is 11.6 Å². The van der Waals surface area contributed by atoms with E-state index in [1.165, 1.54) is 18.2 Å². The summed E-state index contributed by atoms with van der Waals surface area (Å²) < 4.78 is 42.9. The van der Waals surface area contributed by atoms with E-state index in [0.29, 0.717) is 24.4 Å². The number of anilines is 1. The maximum atomic E-state index is 14.1. The predicted molar refractivity (Wildman–Crippen MR) is 107 cm³/mol. The number of nitrogens with one attached hydrogen (secondary N) is 1. The van der Waals surface area contributed by atoms with Crippen LogP contribution in [0.5, 0.6) is 0 Å². The number of hydrogen-bond acceptors (Lipinski definition) is 3. The Morgan fingerprint density at radius 2 is 1.89 bits per heavy atom. The third-order valence-corrected chi connectivity index (χ3v) is 8.82. The van der Waals surface area contributed by atoms with E-state index in [1.807, 2.05) is 0 Å². The average Bonchev–Trinajstić information content (AvgIpc) is 3.14. The molecule has 7 heteroatoms. The van der Waals surface area contributed by atoms with Crippen LogP contribution >= 0.6 is 11.6 Å². The minimum atomic E-state index is -3.77. The summed E-state index contributed by atoms with van der Waals surface area (Å²) in [6.45, 7) is 4.67. The smallest absolute Gasteiger partial charge is 0.245 e. The van der Waals surface area contributed by atoms with Crippen LogP contribution in [0.4, 0.5) is 10.1 Å². The molecule has 2 heterocycles. The Morgan fingerprint density at radius 1 is 1.14 bits per heavy atom. The summed E-state index contributed by atoms with van der Waals surface area (Å²) >= 11 is 5.95. The molecule has 1 saturated heterocycles. The molecular formula is C21H20ClFN2O2S. The van der Waals surface area contributed by atoms with Gasteiger partial charge >= 0.3 is 0 Å². The second kappa shape index (κ2) is 5.81. The first-order valence-electron chi connectivity index (χ1n) is 9.36. The molecule has 2 aromatic rings. The van der Waals surface area contributed by atoms with Crippen molar-refractivity contribution in [1.29, 1.82) is 0 Å². The van der Waals surface area contributed by atoms with E-state index in [0.717, 1.165) is 29.7 Å². The SMILES string of the molecule is C=C1CCCC23Nc4ccc(F)cc4C12CCN3S(=O)(=O)c1ccc(Cl)cc1. The molecule has 0 radical (unpaired) electrons. The van der Waals surface area contributed by atoms with Crippen LogP contribution < -0.4 is 5.32 Å². The number of benzene rings is 2. The van der Waals surface area contributed by atoms with Crippen molar-refractivity contribution in [2.75, 3.05) is 11.9 Å². The van der Waals surface area contributed by atoms with Crippen LogP contribution in [0.2, 0.25) is 5.02 Å². The molecule has 4 nitrogen and oxygen atoms in total. The zero-order chi connectivity index (χ0) is 19.7. The zero-order valence-electron chi connectivity index (χ0n) is 15.2. The number of hydrogen-bond donors (Lipinski definition) is 1. The van der Waals surface area contributed by atoms with Crippen molar-refractivity contribution >= 4 is 27.3 Å². The van der Waals surface area contributed by atoms with Gasteiger partial charge in [0.2, 0.25) is 10.0 Å². The molecule has 2 fully saturated rings. The molecule has 0 bridgehead atoms. The van der Waals surface area contributed by atoms with E-state index >= 15 is 0 Å². The van der Waals surface area contributed by atoms with Crippen LogP contribution in [0.15, 0.2) is 59.5 Å². The summed E-state index contributed by atoms with van der Waals surface area (Å²) in [5.74, 6) is -0.317. The fourth-order valence-corrected chi connectivity index (χ4v) is 7.39. The van der Waals surface area contributed by atoms with Crippen molar-refractivity contribution < 1.29 is 12.8 Å². The van der Waals surface area contributed by atoms with Crippen molar-refractivity contribution in [3.8, 4) is 0 Å². The van der Waals surface area contributed by atoms with E-state index in [1.54, 1.807) is 28.6 Å². The Hall–Kier alpha value is -1.89. The van der Waals surface area contributed by atoms with Crippen LogP contribution in [0.1, 0.15) is 31.2 Å². The van der Waals surface area contributed by atoms with Gasteiger partial charge in [-0.25, -0.2) is 12.8 Å². The standard InChI is InChI=1S/C21H20ClFN2O2S/c1-14-3-2-10-21-20(14,18-13-16(23)6-9-19(18)24-21)11-12-25(21)28(26,27)17-7-4-15(22)5-8-17/h4-9,13,24H,1-3,10-12H2. The normalized spacial score (nSPS) is 29.1. The molecule has 3 aliphatic rings. The van der Waals surface area contributed by atoms with Gasteiger partial charge in [-0.05, 0) is 73.7 Å². The second-order valence-corrected chi connectivity index (χ2v) is 10.1. The quantitative estimate of drug-likeness (QED) is 0.721. The fourth-order valence-electron chi connectivity index (χ4n) is 5.50. The number of sulfonamides is 1. The van der Waals surface area contributed by atoms with Crippen molar-refractivity contribution in [2.24, 2.45) is 0 Å². The lowest BCUT2D eigenvalue weighted by Gasteiger charge is -2.49. The molecule has 0 aromatic heterocycles. The monoisotopic (exact) mass is 418 g/mol. The Labute approximate surface area is 169 Å². The first-order chi connectivity index (χ1) is 13.3. The molecule has 2 aromatic carbocycles. The van der Waals surface area contributed by atoms with Gasteiger partial charge < -0.3 is 5.32 Å². The molecular weight excluding hydrogens is 399 g/mol. The largest absolute Gasteiger partial charge is 0.365 e. The molecule has 0 amide bonds. The fraction of sp³-hybridized carbons (Fsp3) is 0.333. The maximum Gasteiger partial charge on any atom is 0.245 e. The van der Waals surface area contributed by atoms with E-state index in [9.17, 15) is 12.8 Å². The van der Waals surface area contributed by atoms with Gasteiger partial charge in [-0.1, -0.05) is 23.8 Å². The van der Waals surface area contributed by atoms with Gasteiger partial charge in [0.25, 0.3) is 0 Å². The minimum Gasteiger partial charge on any atom is -0.365 e. The highest BCUT2D eigenvalue weighted by molar-refractivity contribution is 7.89. The van der Waals surface area contributed by atoms with Crippen molar-refractivity contribution in [2.45, 2.75) is 41.7 Å². The lowest BCUT2D eigenvalue weighted by Crippen LogP contribution is -2.61. The number of fused-ring (bicyclic) bond motifs is 1. The maximum absolute atomic E-state index is 14.1. The molecule has 1 saturated carbocycles. The Bertz CT molecular complexity index is 1100. The Kier molecular flexibility index (Phi) is 3.77. The summed E-state index contributed by atoms with van der Waals surface area (Å²) in [4.78, 5) is 0.210. The molecule has 2 aliphatic heterocycles. The highest BCUT2D eigenvalue weighted by atomic mass is 35.5. The molecule has 28 heavy (non-hydrogen) atoms. The third kappa shape index (κ3) is 2.11. The van der Waals surface area contributed by atoms with Crippen LogP contribution in [0.3, 0.4) is 0 Å². The second-order valence-electron chi connectivity index (χ2n) is 7.82. The molecule has 2 unspecified atom stereocenters. The van der Waals surface area contributed by atoms with Gasteiger partial charge in [0, 0.05) is 17.3 Å². The molecule has 1 N–H and O–H groups in total. The summed E-state index contributed by atoms with van der Waals surface area (Å²) in [6.07, 6.45) is 2.88. The summed E-state index contributed by atoms with van der Waals surface area (Å²) in [7, 11) is -3.77. The number of halogens is 2. The number of rotatable bonds is 2. The summed E-state index contributed by atoms with van der Waals surface area (Å²) in [5, 5.41) is 3.98. The first-order valence-corrected chi connectivity index (χ1v) is 11.2. The zero-order valence-corrected chi connectivity index (χ0v) is 16.8. The van der Waals surface area contributed by atoms with Gasteiger partial charge in [-0.2, -0.15) is 4.31 Å². The van der Waals surface area contributed by atoms with E-state index in [-0.39, 0.29) is 10.7 Å². The van der Waals surface area contributed by atoms with Crippen LogP contribution in [-0.4, -0.2) is 24.9 Å². The van der Waals surface area contributed by atoms with E-state index in [2.05, 4.69) is 11.9 Å². The minimum absolute atomic E-state index is 0.210. The first kappa shape index (κ1) is 18.2. The topological polar surface area (TPSA) is 49.4 Å². The number of nitrogens with zero attached hydrogens (tertiary/aromatic N) is 1. The molecule has 146 valence electrons. The van der Waals surface area contributed by atoms with Gasteiger partial charge in [-0.3, -0.25) is 0 Å². The highest BCUT2D eigenvalue weighted by Gasteiger charge is 2.69. The van der Waals surface area contributed by atoms with Gasteiger partial charge in [-0.15, -0.1) is 0 Å². The summed E-state index contributed by atoms with van der Waals surface area (Å²) in [5.41, 5.74) is 1.13. The van der Waals surface area contributed by atoms with Gasteiger partial charge in [0.15, 0.2) is 0 Å². The van der Waals surface area contributed by atoms with Crippen LogP contribution in [-0.2, 0) is 15.4 Å².